The third-order valence-corrected chi connectivity index (χ3v) is 3.81. The molecule has 0 amide bonds. The number of rotatable bonds is 4. The Bertz CT molecular complexity index is 335. The molecule has 1 aliphatic heterocycles. The lowest BCUT2D eigenvalue weighted by Gasteiger charge is -2.31. The zero-order valence-corrected chi connectivity index (χ0v) is 10.8. The fraction of sp³-hybridized carbons (Fsp3) is 0.769. The van der Waals surface area contributed by atoms with Crippen molar-refractivity contribution >= 4 is 0 Å². The molecule has 2 rings (SSSR count). The first-order chi connectivity index (χ1) is 8.20. The van der Waals surface area contributed by atoms with Crippen molar-refractivity contribution in [1.82, 2.24) is 10.1 Å². The monoisotopic (exact) mass is 238 g/mol. The van der Waals surface area contributed by atoms with Crippen molar-refractivity contribution in [3.8, 4) is 0 Å². The van der Waals surface area contributed by atoms with Gasteiger partial charge in [-0.3, -0.25) is 4.90 Å². The summed E-state index contributed by atoms with van der Waals surface area (Å²) in [5.74, 6) is 1.65. The zero-order chi connectivity index (χ0) is 12.3. The highest BCUT2D eigenvalue weighted by atomic mass is 16.5. The number of aliphatic hydroxyl groups excluding tert-OH is 1. The van der Waals surface area contributed by atoms with E-state index in [0.29, 0.717) is 12.5 Å². The lowest BCUT2D eigenvalue weighted by atomic mass is 9.93. The Morgan fingerprint density at radius 2 is 2.06 bits per heavy atom. The number of hydrogen-bond donors (Lipinski definition) is 1. The van der Waals surface area contributed by atoms with Gasteiger partial charge in [-0.1, -0.05) is 5.16 Å². The van der Waals surface area contributed by atoms with Crippen molar-refractivity contribution in [2.24, 2.45) is 5.92 Å². The summed E-state index contributed by atoms with van der Waals surface area (Å²) in [4.78, 5) is 2.46. The number of aromatic nitrogens is 1. The number of hydrogen-bond acceptors (Lipinski definition) is 4. The van der Waals surface area contributed by atoms with Crippen LogP contribution in [0.25, 0.3) is 0 Å². The fourth-order valence-electron chi connectivity index (χ4n) is 2.57. The highest BCUT2D eigenvalue weighted by molar-refractivity contribution is 5.20. The molecule has 96 valence electrons. The second-order valence-corrected chi connectivity index (χ2v) is 5.03. The molecule has 1 aromatic rings. The van der Waals surface area contributed by atoms with E-state index in [-0.39, 0.29) is 0 Å². The van der Waals surface area contributed by atoms with E-state index in [0.717, 1.165) is 37.5 Å². The smallest absolute Gasteiger partial charge is 0.138 e. The predicted molar refractivity (Wildman–Crippen MR) is 65.7 cm³/mol. The molecule has 0 unspecified atom stereocenters. The van der Waals surface area contributed by atoms with Gasteiger partial charge in [-0.05, 0) is 52.1 Å². The predicted octanol–water partition coefficient (Wildman–Crippen LogP) is 1.89. The lowest BCUT2D eigenvalue weighted by Crippen LogP contribution is -2.33. The van der Waals surface area contributed by atoms with E-state index in [1.807, 2.05) is 13.8 Å². The lowest BCUT2D eigenvalue weighted by molar-refractivity contribution is 0.152. The van der Waals surface area contributed by atoms with Crippen molar-refractivity contribution in [1.29, 1.82) is 0 Å². The van der Waals surface area contributed by atoms with Gasteiger partial charge < -0.3 is 9.63 Å². The molecule has 0 bridgehead atoms. The first-order valence-corrected chi connectivity index (χ1v) is 6.45. The standard InChI is InChI=1S/C13H22N2O2/c1-10-13(11(2)17-14-10)9-15-6-3-12(4-7-15)5-8-16/h12,16H,3-9H2,1-2H3. The van der Waals surface area contributed by atoms with Crippen LogP contribution in [0.2, 0.25) is 0 Å². The van der Waals surface area contributed by atoms with Crippen LogP contribution in [-0.4, -0.2) is 34.9 Å². The van der Waals surface area contributed by atoms with Crippen molar-refractivity contribution in [3.63, 3.8) is 0 Å². The van der Waals surface area contributed by atoms with E-state index in [1.54, 1.807) is 0 Å². The van der Waals surface area contributed by atoms with E-state index in [1.165, 1.54) is 18.4 Å². The Morgan fingerprint density at radius 3 is 2.59 bits per heavy atom. The van der Waals surface area contributed by atoms with E-state index >= 15 is 0 Å². The molecule has 0 radical (unpaired) electrons. The Morgan fingerprint density at radius 1 is 1.35 bits per heavy atom. The van der Waals surface area contributed by atoms with Gasteiger partial charge in [0.05, 0.1) is 5.69 Å². The molecule has 1 saturated heterocycles. The summed E-state index contributed by atoms with van der Waals surface area (Å²) in [6.45, 7) is 7.50. The Kier molecular flexibility index (Phi) is 4.18. The minimum atomic E-state index is 0.328. The first kappa shape index (κ1) is 12.6. The van der Waals surface area contributed by atoms with E-state index in [9.17, 15) is 0 Å². The third-order valence-electron chi connectivity index (χ3n) is 3.81. The van der Waals surface area contributed by atoms with Gasteiger partial charge in [0.1, 0.15) is 5.76 Å². The summed E-state index contributed by atoms with van der Waals surface area (Å²) in [6, 6.07) is 0. The molecule has 0 aromatic carbocycles. The zero-order valence-electron chi connectivity index (χ0n) is 10.8. The van der Waals surface area contributed by atoms with Crippen LogP contribution in [0.3, 0.4) is 0 Å². The van der Waals surface area contributed by atoms with Gasteiger partial charge in [-0.2, -0.15) is 0 Å². The van der Waals surface area contributed by atoms with Gasteiger partial charge in [0, 0.05) is 18.7 Å². The summed E-state index contributed by atoms with van der Waals surface area (Å²) >= 11 is 0. The van der Waals surface area contributed by atoms with Gasteiger partial charge in [-0.15, -0.1) is 0 Å². The van der Waals surface area contributed by atoms with Crippen LogP contribution in [0.1, 0.15) is 36.3 Å². The van der Waals surface area contributed by atoms with Crippen molar-refractivity contribution in [2.75, 3.05) is 19.7 Å². The molecule has 0 saturated carbocycles. The summed E-state index contributed by atoms with van der Waals surface area (Å²) in [6.07, 6.45) is 3.35. The molecule has 0 aliphatic carbocycles. The maximum atomic E-state index is 8.93. The normalized spacial score (nSPS) is 18.8. The van der Waals surface area contributed by atoms with Gasteiger partial charge in [-0.25, -0.2) is 0 Å². The minimum Gasteiger partial charge on any atom is -0.396 e. The fourth-order valence-corrected chi connectivity index (χ4v) is 2.57. The molecule has 0 spiro atoms. The van der Waals surface area contributed by atoms with Crippen LogP contribution in [0.5, 0.6) is 0 Å². The molecule has 2 heterocycles. The minimum absolute atomic E-state index is 0.328. The van der Waals surface area contributed by atoms with Crippen LogP contribution >= 0.6 is 0 Å². The highest BCUT2D eigenvalue weighted by Gasteiger charge is 2.20. The van der Waals surface area contributed by atoms with E-state index in [2.05, 4.69) is 10.1 Å². The quantitative estimate of drug-likeness (QED) is 0.870. The molecule has 4 heteroatoms. The first-order valence-electron chi connectivity index (χ1n) is 6.45. The summed E-state index contributed by atoms with van der Waals surface area (Å²) in [5.41, 5.74) is 2.26. The highest BCUT2D eigenvalue weighted by Crippen LogP contribution is 2.23. The molecule has 1 fully saturated rings. The van der Waals surface area contributed by atoms with Gasteiger partial charge in [0.2, 0.25) is 0 Å². The van der Waals surface area contributed by atoms with Gasteiger partial charge in [0.25, 0.3) is 0 Å². The molecular formula is C13H22N2O2. The molecule has 1 aromatic heterocycles. The average Bonchev–Trinajstić information content (AvgIpc) is 2.64. The Labute approximate surface area is 103 Å². The van der Waals surface area contributed by atoms with Gasteiger partial charge in [0.15, 0.2) is 0 Å². The summed E-state index contributed by atoms with van der Waals surface area (Å²) < 4.78 is 5.19. The van der Waals surface area contributed by atoms with Crippen LogP contribution in [0.15, 0.2) is 4.52 Å². The number of aryl methyl sites for hydroxylation is 2. The van der Waals surface area contributed by atoms with Crippen molar-refractivity contribution < 1.29 is 9.63 Å². The molecule has 1 N–H and O–H groups in total. The van der Waals surface area contributed by atoms with Crippen LogP contribution < -0.4 is 0 Å². The maximum Gasteiger partial charge on any atom is 0.138 e. The number of aliphatic hydroxyl groups is 1. The average molecular weight is 238 g/mol. The third kappa shape index (κ3) is 3.07. The molecule has 17 heavy (non-hydrogen) atoms. The Hall–Kier alpha value is -0.870. The number of piperidine rings is 1. The SMILES string of the molecule is Cc1noc(C)c1CN1CCC(CCO)CC1. The summed E-state index contributed by atoms with van der Waals surface area (Å²) in [7, 11) is 0. The molecule has 4 nitrogen and oxygen atoms in total. The molecule has 1 aliphatic rings. The van der Waals surface area contributed by atoms with Crippen molar-refractivity contribution in [2.45, 2.75) is 39.7 Å². The van der Waals surface area contributed by atoms with Gasteiger partial charge >= 0.3 is 0 Å². The van der Waals surface area contributed by atoms with E-state index in [4.69, 9.17) is 9.63 Å². The van der Waals surface area contributed by atoms with E-state index < -0.39 is 0 Å². The summed E-state index contributed by atoms with van der Waals surface area (Å²) in [5, 5.41) is 12.9. The number of nitrogens with zero attached hydrogens (tertiary/aromatic N) is 2. The van der Waals surface area contributed by atoms with Crippen molar-refractivity contribution in [3.05, 3.63) is 17.0 Å². The van der Waals surface area contributed by atoms with Crippen LogP contribution in [0, 0.1) is 19.8 Å². The second kappa shape index (κ2) is 5.65. The van der Waals surface area contributed by atoms with Crippen LogP contribution in [-0.2, 0) is 6.54 Å². The number of likely N-dealkylation sites (tertiary alicyclic amines) is 1. The Balaban J connectivity index is 1.86. The molecule has 0 atom stereocenters. The second-order valence-electron chi connectivity index (χ2n) is 5.03. The van der Waals surface area contributed by atoms with Crippen LogP contribution in [0.4, 0.5) is 0 Å². The maximum absolute atomic E-state index is 8.93. The molecular weight excluding hydrogens is 216 g/mol. The topological polar surface area (TPSA) is 49.5 Å². The largest absolute Gasteiger partial charge is 0.396 e.